The van der Waals surface area contributed by atoms with Crippen LogP contribution in [0.15, 0.2) is 18.3 Å². The summed E-state index contributed by atoms with van der Waals surface area (Å²) in [7, 11) is 0. The Kier molecular flexibility index (Phi) is 4.22. The first-order chi connectivity index (χ1) is 9.75. The van der Waals surface area contributed by atoms with Crippen LogP contribution in [0.1, 0.15) is 44.1 Å². The van der Waals surface area contributed by atoms with E-state index in [1.54, 1.807) is 0 Å². The quantitative estimate of drug-likeness (QED) is 0.864. The van der Waals surface area contributed by atoms with E-state index in [4.69, 9.17) is 0 Å². The van der Waals surface area contributed by atoms with Crippen LogP contribution < -0.4 is 10.2 Å². The molecule has 1 saturated heterocycles. The van der Waals surface area contributed by atoms with Gasteiger partial charge in [0.15, 0.2) is 0 Å². The first kappa shape index (κ1) is 13.8. The molecule has 0 atom stereocenters. The number of aliphatic hydroxyl groups is 1. The highest BCUT2D eigenvalue weighted by Gasteiger charge is 2.30. The van der Waals surface area contributed by atoms with Crippen molar-refractivity contribution in [3.05, 3.63) is 23.9 Å². The molecule has 1 aromatic heterocycles. The van der Waals surface area contributed by atoms with Crippen LogP contribution in [-0.4, -0.2) is 35.3 Å². The maximum atomic E-state index is 10.3. The van der Waals surface area contributed by atoms with Gasteiger partial charge in [0.1, 0.15) is 5.82 Å². The highest BCUT2D eigenvalue weighted by molar-refractivity contribution is 5.40. The molecule has 2 aliphatic rings. The first-order valence-corrected chi connectivity index (χ1v) is 7.88. The maximum absolute atomic E-state index is 10.3. The van der Waals surface area contributed by atoms with Crippen molar-refractivity contribution in [2.24, 2.45) is 0 Å². The van der Waals surface area contributed by atoms with Gasteiger partial charge in [-0.15, -0.1) is 0 Å². The Bertz CT molecular complexity index is 420. The highest BCUT2D eigenvalue weighted by Crippen LogP contribution is 2.28. The Hall–Kier alpha value is -1.13. The molecule has 20 heavy (non-hydrogen) atoms. The van der Waals surface area contributed by atoms with Gasteiger partial charge in [0.2, 0.25) is 0 Å². The van der Waals surface area contributed by atoms with Crippen LogP contribution in [0.25, 0.3) is 0 Å². The highest BCUT2D eigenvalue weighted by atomic mass is 16.3. The zero-order valence-electron chi connectivity index (χ0n) is 12.1. The summed E-state index contributed by atoms with van der Waals surface area (Å²) in [6.45, 7) is 3.76. The van der Waals surface area contributed by atoms with Gasteiger partial charge >= 0.3 is 0 Å². The van der Waals surface area contributed by atoms with Gasteiger partial charge in [-0.2, -0.15) is 0 Å². The summed E-state index contributed by atoms with van der Waals surface area (Å²) < 4.78 is 0. The smallest absolute Gasteiger partial charge is 0.128 e. The normalized spacial score (nSPS) is 21.6. The predicted molar refractivity (Wildman–Crippen MR) is 80.8 cm³/mol. The molecule has 1 saturated carbocycles. The Morgan fingerprint density at radius 1 is 1.15 bits per heavy atom. The van der Waals surface area contributed by atoms with Crippen molar-refractivity contribution in [1.29, 1.82) is 0 Å². The second kappa shape index (κ2) is 6.10. The third-order valence-corrected chi connectivity index (χ3v) is 4.56. The van der Waals surface area contributed by atoms with Gasteiger partial charge in [-0.25, -0.2) is 4.98 Å². The third-order valence-electron chi connectivity index (χ3n) is 4.56. The Morgan fingerprint density at radius 3 is 2.55 bits per heavy atom. The van der Waals surface area contributed by atoms with Crippen LogP contribution >= 0.6 is 0 Å². The van der Waals surface area contributed by atoms with Crippen molar-refractivity contribution in [3.63, 3.8) is 0 Å². The van der Waals surface area contributed by atoms with E-state index < -0.39 is 5.60 Å². The monoisotopic (exact) mass is 275 g/mol. The summed E-state index contributed by atoms with van der Waals surface area (Å²) >= 11 is 0. The number of aromatic nitrogens is 1. The van der Waals surface area contributed by atoms with Crippen molar-refractivity contribution in [2.75, 3.05) is 24.5 Å². The number of anilines is 1. The van der Waals surface area contributed by atoms with Crippen molar-refractivity contribution < 1.29 is 5.11 Å². The molecule has 1 aliphatic carbocycles. The van der Waals surface area contributed by atoms with Crippen LogP contribution in [0.3, 0.4) is 0 Å². The van der Waals surface area contributed by atoms with E-state index >= 15 is 0 Å². The average Bonchev–Trinajstić information content (AvgIpc) is 3.11. The maximum Gasteiger partial charge on any atom is 0.128 e. The lowest BCUT2D eigenvalue weighted by molar-refractivity contribution is 0.0475. The van der Waals surface area contributed by atoms with E-state index in [1.165, 1.54) is 18.4 Å². The van der Waals surface area contributed by atoms with E-state index in [2.05, 4.69) is 27.3 Å². The predicted octanol–water partition coefficient (Wildman–Crippen LogP) is 2.08. The molecule has 1 aliphatic heterocycles. The topological polar surface area (TPSA) is 48.4 Å². The van der Waals surface area contributed by atoms with Crippen LogP contribution in [-0.2, 0) is 6.54 Å². The van der Waals surface area contributed by atoms with Crippen molar-refractivity contribution >= 4 is 5.82 Å². The molecule has 110 valence electrons. The lowest BCUT2D eigenvalue weighted by atomic mass is 10.0. The van der Waals surface area contributed by atoms with Crippen LogP contribution in [0, 0.1) is 0 Å². The fraction of sp³-hybridized carbons (Fsp3) is 0.688. The number of nitrogens with one attached hydrogen (secondary N) is 1. The summed E-state index contributed by atoms with van der Waals surface area (Å²) in [6, 6.07) is 4.26. The summed E-state index contributed by atoms with van der Waals surface area (Å²) in [5.41, 5.74) is 0.720. The summed E-state index contributed by atoms with van der Waals surface area (Å²) in [4.78, 5) is 6.90. The fourth-order valence-electron chi connectivity index (χ4n) is 3.30. The van der Waals surface area contributed by atoms with Crippen molar-refractivity contribution in [1.82, 2.24) is 10.3 Å². The molecule has 2 N–H and O–H groups in total. The standard InChI is InChI=1S/C16H25N3O/c20-16(7-1-2-8-16)13-17-11-14-5-6-15(18-12-14)19-9-3-4-10-19/h5-6,12,17,20H,1-4,7-11,13H2. The lowest BCUT2D eigenvalue weighted by Gasteiger charge is -2.22. The fourth-order valence-corrected chi connectivity index (χ4v) is 3.30. The molecule has 4 nitrogen and oxygen atoms in total. The molecule has 2 fully saturated rings. The lowest BCUT2D eigenvalue weighted by Crippen LogP contribution is -2.37. The molecule has 1 aromatic rings. The average molecular weight is 275 g/mol. The Morgan fingerprint density at radius 2 is 1.90 bits per heavy atom. The van der Waals surface area contributed by atoms with Crippen molar-refractivity contribution in [3.8, 4) is 0 Å². The molecule has 3 rings (SSSR count). The summed E-state index contributed by atoms with van der Waals surface area (Å²) in [6.07, 6.45) is 8.71. The second-order valence-corrected chi connectivity index (χ2v) is 6.25. The van der Waals surface area contributed by atoms with Gasteiger partial charge in [0.05, 0.1) is 5.60 Å². The summed E-state index contributed by atoms with van der Waals surface area (Å²) in [5, 5.41) is 13.6. The van der Waals surface area contributed by atoms with Crippen molar-refractivity contribution in [2.45, 2.75) is 50.7 Å². The second-order valence-electron chi connectivity index (χ2n) is 6.25. The van der Waals surface area contributed by atoms with Crippen LogP contribution in [0.4, 0.5) is 5.82 Å². The zero-order valence-corrected chi connectivity index (χ0v) is 12.1. The largest absolute Gasteiger partial charge is 0.389 e. The molecule has 0 bridgehead atoms. The molecular formula is C16H25N3O. The van der Waals surface area contributed by atoms with Crippen LogP contribution in [0.5, 0.6) is 0 Å². The van der Waals surface area contributed by atoms with Gasteiger partial charge in [0.25, 0.3) is 0 Å². The number of rotatable bonds is 5. The first-order valence-electron chi connectivity index (χ1n) is 7.88. The summed E-state index contributed by atoms with van der Waals surface area (Å²) in [5.74, 6) is 1.10. The van der Waals surface area contributed by atoms with E-state index in [1.807, 2.05) is 6.20 Å². The third kappa shape index (κ3) is 3.30. The molecule has 2 heterocycles. The molecule has 4 heteroatoms. The van der Waals surface area contributed by atoms with E-state index in [-0.39, 0.29) is 0 Å². The molecule has 0 aromatic carbocycles. The molecule has 0 amide bonds. The molecule has 0 spiro atoms. The number of nitrogens with zero attached hydrogens (tertiary/aromatic N) is 2. The van der Waals surface area contributed by atoms with Gasteiger partial charge in [-0.05, 0) is 37.3 Å². The minimum Gasteiger partial charge on any atom is -0.389 e. The Labute approximate surface area is 121 Å². The number of hydrogen-bond donors (Lipinski definition) is 2. The SMILES string of the molecule is OC1(CNCc2ccc(N3CCCC3)nc2)CCCC1. The Balaban J connectivity index is 1.48. The van der Waals surface area contributed by atoms with Crippen LogP contribution in [0.2, 0.25) is 0 Å². The number of hydrogen-bond acceptors (Lipinski definition) is 4. The van der Waals surface area contributed by atoms with Gasteiger partial charge in [-0.1, -0.05) is 18.9 Å². The minimum atomic E-state index is -0.469. The van der Waals surface area contributed by atoms with E-state index in [0.717, 1.165) is 51.1 Å². The van der Waals surface area contributed by atoms with E-state index in [0.29, 0.717) is 6.54 Å². The van der Waals surface area contributed by atoms with Gasteiger partial charge in [-0.3, -0.25) is 0 Å². The van der Waals surface area contributed by atoms with E-state index in [9.17, 15) is 5.11 Å². The minimum absolute atomic E-state index is 0.469. The van der Waals surface area contributed by atoms with Gasteiger partial charge in [0, 0.05) is 32.4 Å². The molecule has 0 unspecified atom stereocenters. The molecular weight excluding hydrogens is 250 g/mol. The number of pyridine rings is 1. The zero-order chi connectivity index (χ0) is 13.8. The molecule has 0 radical (unpaired) electrons. The van der Waals surface area contributed by atoms with Gasteiger partial charge < -0.3 is 15.3 Å².